The van der Waals surface area contributed by atoms with Crippen LogP contribution in [0.4, 0.5) is 0 Å². The van der Waals surface area contributed by atoms with Crippen LogP contribution in [0.5, 0.6) is 0 Å². The molecule has 1 aromatic heterocycles. The Morgan fingerprint density at radius 1 is 1.50 bits per heavy atom. The van der Waals surface area contributed by atoms with E-state index in [0.29, 0.717) is 25.1 Å². The first-order valence-electron chi connectivity index (χ1n) is 6.16. The average Bonchev–Trinajstić information content (AvgIpc) is 2.81. The quantitative estimate of drug-likeness (QED) is 0.730. The number of carbonyl (C=O) groups is 1. The Bertz CT molecular complexity index is 570. The number of methoxy groups -OCH3 is 1. The van der Waals surface area contributed by atoms with Crippen LogP contribution in [0.15, 0.2) is 4.90 Å². The molecule has 0 saturated heterocycles. The van der Waals surface area contributed by atoms with Gasteiger partial charge >= 0.3 is 0 Å². The summed E-state index contributed by atoms with van der Waals surface area (Å²) < 4.78 is 28.1. The minimum Gasteiger partial charge on any atom is -0.383 e. The van der Waals surface area contributed by atoms with E-state index in [0.717, 1.165) is 0 Å². The molecule has 1 amide bonds. The molecule has 0 bridgehead atoms. The van der Waals surface area contributed by atoms with Gasteiger partial charge in [-0.15, -0.1) is 0 Å². The predicted molar refractivity (Wildman–Crippen MR) is 74.4 cm³/mol. The minimum absolute atomic E-state index is 0.216. The van der Waals surface area contributed by atoms with Crippen LogP contribution in [-0.2, 0) is 20.2 Å². The number of aromatic amines is 1. The Labute approximate surface area is 122 Å². The molecular formula is C11H18ClN3O4S. The van der Waals surface area contributed by atoms with E-state index < -0.39 is 15.0 Å². The number of halogens is 1. The number of aryl methyl sites for hydroxylation is 1. The fourth-order valence-corrected chi connectivity index (χ4v) is 3.09. The predicted octanol–water partition coefficient (Wildman–Crippen LogP) is 1.05. The van der Waals surface area contributed by atoms with Crippen molar-refractivity contribution in [2.75, 3.05) is 13.7 Å². The van der Waals surface area contributed by atoms with Gasteiger partial charge in [0.1, 0.15) is 4.90 Å². The zero-order valence-corrected chi connectivity index (χ0v) is 13.1. The molecule has 20 heavy (non-hydrogen) atoms. The molecule has 0 aliphatic rings. The summed E-state index contributed by atoms with van der Waals surface area (Å²) in [7, 11) is 2.85. The number of carbonyl (C=O) groups excluding carboxylic acids is 1. The SMILES string of the molecule is CCc1[nH]nc(C(=O)NC(CC)COC)c1S(=O)(=O)Cl. The van der Waals surface area contributed by atoms with Crippen LogP contribution in [0.2, 0.25) is 0 Å². The number of nitrogens with zero attached hydrogens (tertiary/aromatic N) is 1. The highest BCUT2D eigenvalue weighted by molar-refractivity contribution is 8.13. The number of hydrogen-bond donors (Lipinski definition) is 2. The van der Waals surface area contributed by atoms with Crippen molar-refractivity contribution in [1.82, 2.24) is 15.5 Å². The Hall–Kier alpha value is -1.12. The lowest BCUT2D eigenvalue weighted by atomic mass is 10.2. The number of rotatable bonds is 7. The summed E-state index contributed by atoms with van der Waals surface area (Å²) in [6, 6.07) is -0.222. The Balaban J connectivity index is 3.08. The Morgan fingerprint density at radius 3 is 2.60 bits per heavy atom. The van der Waals surface area contributed by atoms with Crippen LogP contribution in [-0.4, -0.2) is 44.3 Å². The summed E-state index contributed by atoms with van der Waals surface area (Å²) in [5.74, 6) is -0.593. The molecule has 1 aromatic rings. The van der Waals surface area contributed by atoms with Crippen molar-refractivity contribution in [2.24, 2.45) is 0 Å². The zero-order valence-electron chi connectivity index (χ0n) is 11.6. The molecule has 0 aromatic carbocycles. The second-order valence-corrected chi connectivity index (χ2v) is 6.71. The van der Waals surface area contributed by atoms with E-state index in [9.17, 15) is 13.2 Å². The first kappa shape index (κ1) is 16.9. The van der Waals surface area contributed by atoms with E-state index in [1.54, 1.807) is 6.92 Å². The third kappa shape index (κ3) is 3.94. The number of nitrogens with one attached hydrogen (secondary N) is 2. The zero-order chi connectivity index (χ0) is 15.3. The Morgan fingerprint density at radius 2 is 2.15 bits per heavy atom. The van der Waals surface area contributed by atoms with E-state index >= 15 is 0 Å². The van der Waals surface area contributed by atoms with Crippen molar-refractivity contribution in [3.63, 3.8) is 0 Å². The third-order valence-corrected chi connectivity index (χ3v) is 4.19. The maximum Gasteiger partial charge on any atom is 0.273 e. The molecule has 1 unspecified atom stereocenters. The van der Waals surface area contributed by atoms with E-state index in [2.05, 4.69) is 15.5 Å². The molecule has 114 valence electrons. The molecule has 1 heterocycles. The number of aromatic nitrogens is 2. The fraction of sp³-hybridized carbons (Fsp3) is 0.636. The molecule has 0 radical (unpaired) electrons. The maximum atomic E-state index is 12.1. The van der Waals surface area contributed by atoms with Crippen LogP contribution in [0.3, 0.4) is 0 Å². The van der Waals surface area contributed by atoms with Gasteiger partial charge in [-0.1, -0.05) is 13.8 Å². The molecule has 0 fully saturated rings. The first-order chi connectivity index (χ1) is 9.35. The number of ether oxygens (including phenoxy) is 1. The topological polar surface area (TPSA) is 101 Å². The molecule has 2 N–H and O–H groups in total. The van der Waals surface area contributed by atoms with Crippen molar-refractivity contribution in [2.45, 2.75) is 37.6 Å². The monoisotopic (exact) mass is 323 g/mol. The fourth-order valence-electron chi connectivity index (χ4n) is 1.74. The first-order valence-corrected chi connectivity index (χ1v) is 8.47. The molecule has 1 rings (SSSR count). The van der Waals surface area contributed by atoms with Crippen LogP contribution in [0.1, 0.15) is 36.5 Å². The molecule has 0 aliphatic carbocycles. The van der Waals surface area contributed by atoms with Crippen molar-refractivity contribution in [1.29, 1.82) is 0 Å². The van der Waals surface area contributed by atoms with Crippen LogP contribution < -0.4 is 5.32 Å². The second-order valence-electron chi connectivity index (χ2n) is 4.21. The molecular weight excluding hydrogens is 306 g/mol. The van der Waals surface area contributed by atoms with Gasteiger partial charge in [-0.3, -0.25) is 9.89 Å². The normalized spacial score (nSPS) is 13.2. The summed E-state index contributed by atoms with van der Waals surface area (Å²) in [6.07, 6.45) is 1.02. The number of amides is 1. The lowest BCUT2D eigenvalue weighted by Crippen LogP contribution is -2.38. The van der Waals surface area contributed by atoms with E-state index in [-0.39, 0.29) is 16.6 Å². The highest BCUT2D eigenvalue weighted by Crippen LogP contribution is 2.23. The van der Waals surface area contributed by atoms with Crippen LogP contribution in [0, 0.1) is 0 Å². The van der Waals surface area contributed by atoms with Gasteiger partial charge in [0.25, 0.3) is 15.0 Å². The molecule has 9 heteroatoms. The summed E-state index contributed by atoms with van der Waals surface area (Å²) >= 11 is 0. The average molecular weight is 324 g/mol. The van der Waals surface area contributed by atoms with Gasteiger partial charge in [0.15, 0.2) is 5.69 Å². The summed E-state index contributed by atoms with van der Waals surface area (Å²) in [5, 5.41) is 8.95. The molecule has 0 spiro atoms. The van der Waals surface area contributed by atoms with Crippen LogP contribution >= 0.6 is 10.7 Å². The highest BCUT2D eigenvalue weighted by Gasteiger charge is 2.28. The lowest BCUT2D eigenvalue weighted by Gasteiger charge is -2.15. The van der Waals surface area contributed by atoms with Crippen molar-refractivity contribution < 1.29 is 17.9 Å². The molecule has 0 aliphatic heterocycles. The molecule has 0 saturated carbocycles. The minimum atomic E-state index is -4.05. The smallest absolute Gasteiger partial charge is 0.273 e. The summed E-state index contributed by atoms with van der Waals surface area (Å²) in [4.78, 5) is 11.9. The standard InChI is InChI=1S/C11H18ClN3O4S/c1-4-7(6-19-3)13-11(16)9-10(20(12,17)18)8(5-2)14-15-9/h7H,4-6H2,1-3H3,(H,13,16)(H,14,15). The van der Waals surface area contributed by atoms with Crippen molar-refractivity contribution in [3.8, 4) is 0 Å². The van der Waals surface area contributed by atoms with Gasteiger partial charge in [-0.05, 0) is 12.8 Å². The third-order valence-electron chi connectivity index (χ3n) is 2.80. The van der Waals surface area contributed by atoms with E-state index in [1.807, 2.05) is 6.92 Å². The van der Waals surface area contributed by atoms with Gasteiger partial charge < -0.3 is 10.1 Å². The summed E-state index contributed by atoms with van der Waals surface area (Å²) in [6.45, 7) is 3.95. The maximum absolute atomic E-state index is 12.1. The van der Waals surface area contributed by atoms with Crippen molar-refractivity contribution >= 4 is 25.6 Å². The van der Waals surface area contributed by atoms with Gasteiger partial charge in [-0.2, -0.15) is 5.10 Å². The Kier molecular flexibility index (Phi) is 5.97. The second kappa shape index (κ2) is 7.05. The summed E-state index contributed by atoms with van der Waals surface area (Å²) in [5.41, 5.74) is 0.0938. The van der Waals surface area contributed by atoms with E-state index in [1.165, 1.54) is 7.11 Å². The van der Waals surface area contributed by atoms with Gasteiger partial charge in [0, 0.05) is 17.8 Å². The molecule has 7 nitrogen and oxygen atoms in total. The van der Waals surface area contributed by atoms with Gasteiger partial charge in [0.2, 0.25) is 0 Å². The number of hydrogen-bond acceptors (Lipinski definition) is 5. The number of H-pyrrole nitrogens is 1. The van der Waals surface area contributed by atoms with E-state index in [4.69, 9.17) is 15.4 Å². The molecule has 1 atom stereocenters. The largest absolute Gasteiger partial charge is 0.383 e. The van der Waals surface area contributed by atoms with Crippen LogP contribution in [0.25, 0.3) is 0 Å². The van der Waals surface area contributed by atoms with Crippen molar-refractivity contribution in [3.05, 3.63) is 11.4 Å². The van der Waals surface area contributed by atoms with Gasteiger partial charge in [-0.25, -0.2) is 8.42 Å². The lowest BCUT2D eigenvalue weighted by molar-refractivity contribution is 0.0886. The van der Waals surface area contributed by atoms with Gasteiger partial charge in [0.05, 0.1) is 18.3 Å². The highest BCUT2D eigenvalue weighted by atomic mass is 35.7.